The first-order valence-electron chi connectivity index (χ1n) is 4.36. The Morgan fingerprint density at radius 1 is 1.42 bits per heavy atom. The molecule has 0 atom stereocenters. The zero-order chi connectivity index (χ0) is 9.61. The largest absolute Gasteiger partial charge is 0.442 e. The van der Waals surface area contributed by atoms with Gasteiger partial charge < -0.3 is 4.74 Å². The maximum absolute atomic E-state index is 10.9. The van der Waals surface area contributed by atoms with Crippen molar-refractivity contribution in [3.05, 3.63) is 0 Å². The van der Waals surface area contributed by atoms with E-state index < -0.39 is 11.7 Å². The van der Waals surface area contributed by atoms with E-state index in [0.29, 0.717) is 6.54 Å². The van der Waals surface area contributed by atoms with Gasteiger partial charge in [-0.25, -0.2) is 10.1 Å². The first kappa shape index (κ1) is 11.3. The van der Waals surface area contributed by atoms with Crippen molar-refractivity contribution in [2.24, 2.45) is 0 Å². The van der Waals surface area contributed by atoms with Crippen molar-refractivity contribution in [1.29, 1.82) is 0 Å². The highest BCUT2D eigenvalue weighted by Crippen LogP contribution is 2.06. The highest BCUT2D eigenvalue weighted by atomic mass is 16.6. The van der Waals surface area contributed by atoms with Crippen LogP contribution in [-0.2, 0) is 4.74 Å². The number of nitrogens with zero attached hydrogens (tertiary/aromatic N) is 1. The molecule has 0 rings (SSSR count). The lowest BCUT2D eigenvalue weighted by Gasteiger charge is -2.18. The summed E-state index contributed by atoms with van der Waals surface area (Å²) in [5.41, 5.74) is -0.424. The van der Waals surface area contributed by atoms with Crippen LogP contribution in [0.25, 0.3) is 0 Å². The van der Waals surface area contributed by atoms with Crippen LogP contribution in [0.15, 0.2) is 0 Å². The van der Waals surface area contributed by atoms with Gasteiger partial charge in [0.25, 0.3) is 0 Å². The number of carbonyl (C=O) groups excluding carboxylic acids is 1. The van der Waals surface area contributed by atoms with Crippen molar-refractivity contribution >= 4 is 6.09 Å². The quantitative estimate of drug-likeness (QED) is 0.613. The summed E-state index contributed by atoms with van der Waals surface area (Å²) in [5, 5.41) is 3.74. The van der Waals surface area contributed by atoms with E-state index in [1.807, 2.05) is 20.8 Å². The molecule has 3 heteroatoms. The Kier molecular flexibility index (Phi) is 4.71. The van der Waals surface area contributed by atoms with Crippen LogP contribution < -0.4 is 5.32 Å². The molecule has 3 nitrogen and oxygen atoms in total. The molecule has 0 bridgehead atoms. The number of rotatable bonds is 3. The molecule has 0 fully saturated rings. The van der Waals surface area contributed by atoms with Crippen molar-refractivity contribution in [2.45, 2.75) is 46.1 Å². The van der Waals surface area contributed by atoms with Gasteiger partial charge in [-0.05, 0) is 27.2 Å². The van der Waals surface area contributed by atoms with E-state index in [1.54, 1.807) is 0 Å². The predicted octanol–water partition coefficient (Wildman–Crippen LogP) is 2.33. The van der Waals surface area contributed by atoms with Gasteiger partial charge in [-0.3, -0.25) is 0 Å². The lowest BCUT2D eigenvalue weighted by molar-refractivity contribution is 0.0520. The Morgan fingerprint density at radius 3 is 2.42 bits per heavy atom. The molecule has 71 valence electrons. The van der Waals surface area contributed by atoms with Crippen molar-refractivity contribution in [1.82, 2.24) is 5.32 Å². The van der Waals surface area contributed by atoms with Gasteiger partial charge in [0.2, 0.25) is 0 Å². The fourth-order valence-corrected chi connectivity index (χ4v) is 0.623. The summed E-state index contributed by atoms with van der Waals surface area (Å²) in [7, 11) is 0. The minimum absolute atomic E-state index is 0.424. The molecule has 0 N–H and O–H groups in total. The van der Waals surface area contributed by atoms with Gasteiger partial charge in [-0.15, -0.1) is 0 Å². The molecule has 1 amide bonds. The summed E-state index contributed by atoms with van der Waals surface area (Å²) in [4.78, 5) is 10.9. The third-order valence-electron chi connectivity index (χ3n) is 1.15. The summed E-state index contributed by atoms with van der Waals surface area (Å²) in [5.74, 6) is 0. The molecular weight excluding hydrogens is 154 g/mol. The molecule has 0 aromatic carbocycles. The molecule has 12 heavy (non-hydrogen) atoms. The monoisotopic (exact) mass is 172 g/mol. The average Bonchev–Trinajstić information content (AvgIpc) is 1.84. The molecule has 0 unspecified atom stereocenters. The minimum Gasteiger partial charge on any atom is -0.442 e. The smallest absolute Gasteiger partial charge is 0.429 e. The number of unbranched alkanes of at least 4 members (excludes halogenated alkanes) is 1. The second-order valence-corrected chi connectivity index (χ2v) is 3.72. The van der Waals surface area contributed by atoms with E-state index in [0.717, 1.165) is 12.8 Å². The van der Waals surface area contributed by atoms with Crippen LogP contribution >= 0.6 is 0 Å². The molecule has 0 saturated carbocycles. The van der Waals surface area contributed by atoms with Crippen LogP contribution in [0.4, 0.5) is 4.79 Å². The number of hydrogen-bond acceptors (Lipinski definition) is 2. The van der Waals surface area contributed by atoms with Crippen LogP contribution in [0.1, 0.15) is 40.5 Å². The number of ether oxygens (including phenoxy) is 1. The van der Waals surface area contributed by atoms with Crippen LogP contribution in [0, 0.1) is 0 Å². The molecule has 0 saturated heterocycles. The number of carbonyl (C=O) groups is 1. The Hall–Kier alpha value is -0.730. The van der Waals surface area contributed by atoms with Gasteiger partial charge in [0.15, 0.2) is 0 Å². The van der Waals surface area contributed by atoms with Gasteiger partial charge in [-0.2, -0.15) is 0 Å². The maximum Gasteiger partial charge on any atom is 0.429 e. The van der Waals surface area contributed by atoms with Gasteiger partial charge in [0, 0.05) is 6.54 Å². The highest BCUT2D eigenvalue weighted by Gasteiger charge is 2.16. The van der Waals surface area contributed by atoms with Crippen LogP contribution in [0.2, 0.25) is 0 Å². The van der Waals surface area contributed by atoms with Crippen molar-refractivity contribution < 1.29 is 9.53 Å². The fraction of sp³-hybridized carbons (Fsp3) is 0.889. The van der Waals surface area contributed by atoms with E-state index in [-0.39, 0.29) is 0 Å². The lowest BCUT2D eigenvalue weighted by atomic mass is 10.2. The molecular formula is C9H18NO2. The fourth-order valence-electron chi connectivity index (χ4n) is 0.623. The Balaban J connectivity index is 3.47. The lowest BCUT2D eigenvalue weighted by Crippen LogP contribution is -2.28. The van der Waals surface area contributed by atoms with Crippen LogP contribution in [0.5, 0.6) is 0 Å². The molecule has 0 aliphatic carbocycles. The topological polar surface area (TPSA) is 40.4 Å². The van der Waals surface area contributed by atoms with E-state index >= 15 is 0 Å². The third kappa shape index (κ3) is 7.38. The number of amides is 1. The normalized spacial score (nSPS) is 11.0. The van der Waals surface area contributed by atoms with Crippen molar-refractivity contribution in [2.75, 3.05) is 6.54 Å². The molecule has 0 aromatic rings. The third-order valence-corrected chi connectivity index (χ3v) is 1.15. The van der Waals surface area contributed by atoms with E-state index in [2.05, 4.69) is 12.2 Å². The Labute approximate surface area is 74.5 Å². The van der Waals surface area contributed by atoms with E-state index in [1.165, 1.54) is 0 Å². The first-order valence-corrected chi connectivity index (χ1v) is 4.36. The second-order valence-electron chi connectivity index (χ2n) is 3.72. The zero-order valence-electron chi connectivity index (χ0n) is 8.39. The predicted molar refractivity (Wildman–Crippen MR) is 48.1 cm³/mol. The Bertz CT molecular complexity index is 138. The van der Waals surface area contributed by atoms with Crippen molar-refractivity contribution in [3.63, 3.8) is 0 Å². The summed E-state index contributed by atoms with van der Waals surface area (Å²) < 4.78 is 4.98. The number of hydrogen-bond donors (Lipinski definition) is 0. The summed E-state index contributed by atoms with van der Waals surface area (Å²) >= 11 is 0. The average molecular weight is 172 g/mol. The Morgan fingerprint density at radius 2 is 2.00 bits per heavy atom. The minimum atomic E-state index is -0.448. The first-order chi connectivity index (χ1) is 5.45. The molecule has 0 aromatic heterocycles. The van der Waals surface area contributed by atoms with Gasteiger partial charge in [0.05, 0.1) is 0 Å². The molecule has 0 heterocycles. The standard InChI is InChI=1S/C9H18NO2/c1-5-6-7-10-8(11)12-9(2,3)4/h5-7H2,1-4H3. The van der Waals surface area contributed by atoms with Gasteiger partial charge in [0.1, 0.15) is 5.60 Å². The van der Waals surface area contributed by atoms with Crippen LogP contribution in [0.3, 0.4) is 0 Å². The zero-order valence-corrected chi connectivity index (χ0v) is 8.39. The van der Waals surface area contributed by atoms with E-state index in [4.69, 9.17) is 4.74 Å². The summed E-state index contributed by atoms with van der Waals surface area (Å²) in [6.07, 6.45) is 1.54. The highest BCUT2D eigenvalue weighted by molar-refractivity contribution is 5.67. The second kappa shape index (κ2) is 5.01. The SMILES string of the molecule is CCCC[N]C(=O)OC(C)(C)C. The molecule has 0 spiro atoms. The van der Waals surface area contributed by atoms with Crippen molar-refractivity contribution in [3.8, 4) is 0 Å². The summed E-state index contributed by atoms with van der Waals surface area (Å²) in [6, 6.07) is 0. The molecule has 1 radical (unpaired) electrons. The van der Waals surface area contributed by atoms with E-state index in [9.17, 15) is 4.79 Å². The van der Waals surface area contributed by atoms with Gasteiger partial charge in [-0.1, -0.05) is 13.3 Å². The van der Waals surface area contributed by atoms with Gasteiger partial charge >= 0.3 is 6.09 Å². The molecule has 0 aliphatic rings. The summed E-state index contributed by atoms with van der Waals surface area (Å²) in [6.45, 7) is 8.14. The maximum atomic E-state index is 10.9. The van der Waals surface area contributed by atoms with Crippen LogP contribution in [-0.4, -0.2) is 18.2 Å². The molecule has 0 aliphatic heterocycles.